The van der Waals surface area contributed by atoms with Crippen molar-refractivity contribution in [3.05, 3.63) is 23.8 Å². The van der Waals surface area contributed by atoms with Gasteiger partial charge in [0.25, 0.3) is 0 Å². The molecule has 0 N–H and O–H groups in total. The quantitative estimate of drug-likeness (QED) is 0.501. The summed E-state index contributed by atoms with van der Waals surface area (Å²) in [5.74, 6) is 0.518. The highest BCUT2D eigenvalue weighted by atomic mass is 32.2. The molecule has 0 unspecified atom stereocenters. The maximum absolute atomic E-state index is 12.8. The van der Waals surface area contributed by atoms with Crippen LogP contribution in [0.1, 0.15) is 12.5 Å². The van der Waals surface area contributed by atoms with Gasteiger partial charge in [-0.2, -0.15) is 4.39 Å². The van der Waals surface area contributed by atoms with Crippen molar-refractivity contribution < 1.29 is 4.39 Å². The molecule has 0 radical (unpaired) electrons. The van der Waals surface area contributed by atoms with Crippen LogP contribution in [0.4, 0.5) is 4.39 Å². The second-order valence-electron chi connectivity index (χ2n) is 2.23. The van der Waals surface area contributed by atoms with Gasteiger partial charge in [-0.25, -0.2) is 4.98 Å². The summed E-state index contributed by atoms with van der Waals surface area (Å²) in [5, 5.41) is 0. The first kappa shape index (κ1) is 8.53. The molecule has 0 fully saturated rings. The first-order chi connectivity index (χ1) is 5.24. The number of thioether (sulfide) groups is 1. The largest absolute Gasteiger partial charge is 0.227 e. The van der Waals surface area contributed by atoms with Crippen molar-refractivity contribution in [3.63, 3.8) is 0 Å². The van der Waals surface area contributed by atoms with E-state index < -0.39 is 0 Å². The lowest BCUT2D eigenvalue weighted by Gasteiger charge is -1.99. The standard InChI is InChI=1S/C8H10FNS/c1-3-11-7-4-6(2)5-10-8(7)9/h4-5H,3H2,1-2H3. The lowest BCUT2D eigenvalue weighted by molar-refractivity contribution is 0.556. The van der Waals surface area contributed by atoms with Gasteiger partial charge in [-0.15, -0.1) is 11.8 Å². The predicted octanol–water partition coefficient (Wildman–Crippen LogP) is 2.64. The fourth-order valence-electron chi connectivity index (χ4n) is 0.782. The summed E-state index contributed by atoms with van der Waals surface area (Å²) in [6, 6.07) is 1.82. The summed E-state index contributed by atoms with van der Waals surface area (Å²) in [4.78, 5) is 4.26. The van der Waals surface area contributed by atoms with E-state index in [1.54, 1.807) is 0 Å². The van der Waals surface area contributed by atoms with Gasteiger partial charge in [-0.05, 0) is 24.3 Å². The van der Waals surface area contributed by atoms with Crippen molar-refractivity contribution in [2.45, 2.75) is 18.7 Å². The monoisotopic (exact) mass is 171 g/mol. The summed E-state index contributed by atoms with van der Waals surface area (Å²) in [5.41, 5.74) is 1.00. The minimum Gasteiger partial charge on any atom is -0.227 e. The van der Waals surface area contributed by atoms with Crippen molar-refractivity contribution in [2.75, 3.05) is 5.75 Å². The van der Waals surface area contributed by atoms with Gasteiger partial charge in [-0.1, -0.05) is 6.92 Å². The van der Waals surface area contributed by atoms with Gasteiger partial charge in [0.15, 0.2) is 0 Å². The summed E-state index contributed by atoms with van der Waals surface area (Å²) < 4.78 is 12.8. The molecule has 1 aromatic rings. The summed E-state index contributed by atoms with van der Waals surface area (Å²) >= 11 is 1.48. The molecule has 1 nitrogen and oxygen atoms in total. The molecule has 60 valence electrons. The molecule has 1 rings (SSSR count). The number of halogens is 1. The average molecular weight is 171 g/mol. The number of hydrogen-bond donors (Lipinski definition) is 0. The molecule has 0 saturated heterocycles. The molecular formula is C8H10FNS. The number of nitrogens with zero attached hydrogens (tertiary/aromatic N) is 1. The number of aryl methyl sites for hydroxylation is 1. The SMILES string of the molecule is CCSc1cc(C)cnc1F. The Bertz CT molecular complexity index is 250. The lowest BCUT2D eigenvalue weighted by atomic mass is 10.3. The topological polar surface area (TPSA) is 12.9 Å². The highest BCUT2D eigenvalue weighted by Gasteiger charge is 2.01. The third kappa shape index (κ3) is 2.19. The third-order valence-corrected chi connectivity index (χ3v) is 2.13. The number of rotatable bonds is 2. The van der Waals surface area contributed by atoms with Crippen LogP contribution in [0.3, 0.4) is 0 Å². The molecule has 0 spiro atoms. The smallest absolute Gasteiger partial charge is 0.226 e. The van der Waals surface area contributed by atoms with Crippen LogP contribution in [0.25, 0.3) is 0 Å². The number of hydrogen-bond acceptors (Lipinski definition) is 2. The van der Waals surface area contributed by atoms with Crippen LogP contribution >= 0.6 is 11.8 Å². The van der Waals surface area contributed by atoms with Gasteiger partial charge in [0.05, 0.1) is 4.90 Å². The molecule has 1 aromatic heterocycles. The van der Waals surface area contributed by atoms with Crippen LogP contribution in [0.15, 0.2) is 17.2 Å². The van der Waals surface area contributed by atoms with E-state index in [9.17, 15) is 4.39 Å². The van der Waals surface area contributed by atoms with Gasteiger partial charge < -0.3 is 0 Å². The van der Waals surface area contributed by atoms with Gasteiger partial charge >= 0.3 is 0 Å². The minimum absolute atomic E-state index is 0.359. The number of pyridine rings is 1. The minimum atomic E-state index is -0.359. The zero-order valence-corrected chi connectivity index (χ0v) is 7.41. The van der Waals surface area contributed by atoms with Crippen LogP contribution in [-0.2, 0) is 0 Å². The second-order valence-corrected chi connectivity index (χ2v) is 3.54. The van der Waals surface area contributed by atoms with Crippen molar-refractivity contribution in [1.82, 2.24) is 4.98 Å². The first-order valence-electron chi connectivity index (χ1n) is 3.49. The van der Waals surface area contributed by atoms with Gasteiger partial charge in [0.1, 0.15) is 0 Å². The molecule has 3 heteroatoms. The summed E-state index contributed by atoms with van der Waals surface area (Å²) in [6.45, 7) is 3.90. The molecule has 0 atom stereocenters. The summed E-state index contributed by atoms with van der Waals surface area (Å²) in [7, 11) is 0. The van der Waals surface area contributed by atoms with Crippen molar-refractivity contribution in [2.24, 2.45) is 0 Å². The molecule has 0 saturated carbocycles. The second kappa shape index (κ2) is 3.72. The van der Waals surface area contributed by atoms with Crippen molar-refractivity contribution in [1.29, 1.82) is 0 Å². The van der Waals surface area contributed by atoms with Gasteiger partial charge in [-0.3, -0.25) is 0 Å². The molecule has 0 aliphatic carbocycles. The van der Waals surface area contributed by atoms with Gasteiger partial charge in [0.2, 0.25) is 5.95 Å². The zero-order valence-electron chi connectivity index (χ0n) is 6.60. The zero-order chi connectivity index (χ0) is 8.27. The molecular weight excluding hydrogens is 161 g/mol. The Labute approximate surface area is 70.0 Å². The predicted molar refractivity (Wildman–Crippen MR) is 45.3 cm³/mol. The Morgan fingerprint density at radius 3 is 3.00 bits per heavy atom. The van der Waals surface area contributed by atoms with Gasteiger partial charge in [0, 0.05) is 6.20 Å². The van der Waals surface area contributed by atoms with E-state index in [-0.39, 0.29) is 5.95 Å². The summed E-state index contributed by atoms with van der Waals surface area (Å²) in [6.07, 6.45) is 1.54. The Hall–Kier alpha value is -0.570. The van der Waals surface area contributed by atoms with Crippen molar-refractivity contribution >= 4 is 11.8 Å². The van der Waals surface area contributed by atoms with E-state index in [2.05, 4.69) is 4.98 Å². The normalized spacial score (nSPS) is 10.1. The highest BCUT2D eigenvalue weighted by Crippen LogP contribution is 2.20. The van der Waals surface area contributed by atoms with Crippen LogP contribution in [0, 0.1) is 12.9 Å². The molecule has 0 aliphatic rings. The van der Waals surface area contributed by atoms with Crippen molar-refractivity contribution in [3.8, 4) is 0 Å². The fourth-order valence-corrected chi connectivity index (χ4v) is 1.53. The van der Waals surface area contributed by atoms with Crippen LogP contribution in [0.2, 0.25) is 0 Å². The van der Waals surface area contributed by atoms with E-state index in [0.717, 1.165) is 11.3 Å². The highest BCUT2D eigenvalue weighted by molar-refractivity contribution is 7.99. The van der Waals surface area contributed by atoms with E-state index in [0.29, 0.717) is 4.90 Å². The average Bonchev–Trinajstić information content (AvgIpc) is 1.98. The molecule has 0 amide bonds. The van der Waals surface area contributed by atoms with Crippen LogP contribution in [-0.4, -0.2) is 10.7 Å². The molecule has 11 heavy (non-hydrogen) atoms. The first-order valence-corrected chi connectivity index (χ1v) is 4.47. The Morgan fingerprint density at radius 2 is 2.36 bits per heavy atom. The van der Waals surface area contributed by atoms with Crippen LogP contribution in [0.5, 0.6) is 0 Å². The molecule has 0 aromatic carbocycles. The van der Waals surface area contributed by atoms with E-state index in [1.165, 1.54) is 18.0 Å². The molecule has 1 heterocycles. The van der Waals surface area contributed by atoms with Crippen LogP contribution < -0.4 is 0 Å². The Balaban J connectivity index is 2.93. The third-order valence-electron chi connectivity index (χ3n) is 1.24. The van der Waals surface area contributed by atoms with E-state index in [1.807, 2.05) is 19.9 Å². The Morgan fingerprint density at radius 1 is 1.64 bits per heavy atom. The van der Waals surface area contributed by atoms with E-state index >= 15 is 0 Å². The fraction of sp³-hybridized carbons (Fsp3) is 0.375. The number of aromatic nitrogens is 1. The Kier molecular flexibility index (Phi) is 2.88. The maximum Gasteiger partial charge on any atom is 0.226 e. The lowest BCUT2D eigenvalue weighted by Crippen LogP contribution is -1.87. The maximum atomic E-state index is 12.8. The van der Waals surface area contributed by atoms with E-state index in [4.69, 9.17) is 0 Å². The molecule has 0 bridgehead atoms. The molecule has 0 aliphatic heterocycles.